The van der Waals surface area contributed by atoms with Crippen LogP contribution in [0.2, 0.25) is 0 Å². The topological polar surface area (TPSA) is 85.9 Å². The van der Waals surface area contributed by atoms with E-state index in [0.717, 1.165) is 17.9 Å². The molecule has 0 amide bonds. The number of anilines is 1. The van der Waals surface area contributed by atoms with Gasteiger partial charge in [-0.3, -0.25) is 0 Å². The molecule has 0 saturated heterocycles. The summed E-state index contributed by atoms with van der Waals surface area (Å²) in [5.41, 5.74) is 0.925. The van der Waals surface area contributed by atoms with E-state index < -0.39 is 4.92 Å². The third-order valence-electron chi connectivity index (χ3n) is 2.44. The first-order chi connectivity index (χ1) is 9.11. The van der Waals surface area contributed by atoms with Crippen molar-refractivity contribution in [1.29, 1.82) is 0 Å². The molecule has 7 nitrogen and oxygen atoms in total. The lowest BCUT2D eigenvalue weighted by atomic mass is 10.2. The molecule has 2 aromatic rings. The van der Waals surface area contributed by atoms with Gasteiger partial charge in [0.15, 0.2) is 0 Å². The van der Waals surface area contributed by atoms with Gasteiger partial charge in [-0.25, -0.2) is 4.98 Å². The summed E-state index contributed by atoms with van der Waals surface area (Å²) >= 11 is 3.12. The van der Waals surface area contributed by atoms with Crippen molar-refractivity contribution >= 4 is 27.6 Å². The molecule has 0 aliphatic carbocycles. The maximum atomic E-state index is 10.7. The highest BCUT2D eigenvalue weighted by Crippen LogP contribution is 2.23. The number of aromatic nitrogens is 3. The van der Waals surface area contributed by atoms with E-state index in [1.807, 2.05) is 19.1 Å². The van der Waals surface area contributed by atoms with Gasteiger partial charge in [0.1, 0.15) is 10.3 Å². The van der Waals surface area contributed by atoms with Gasteiger partial charge in [0, 0.05) is 18.3 Å². The van der Waals surface area contributed by atoms with E-state index in [1.54, 1.807) is 12.4 Å². The number of nitrogens with zero attached hydrogens (tertiary/aromatic N) is 4. The largest absolute Gasteiger partial charge is 0.404 e. The van der Waals surface area contributed by atoms with E-state index >= 15 is 0 Å². The monoisotopic (exact) mass is 325 g/mol. The molecule has 0 fully saturated rings. The average molecular weight is 326 g/mol. The highest BCUT2D eigenvalue weighted by Gasteiger charge is 2.19. The van der Waals surface area contributed by atoms with Crippen LogP contribution in [0.4, 0.5) is 11.6 Å². The third-order valence-corrected chi connectivity index (χ3v) is 3.00. The summed E-state index contributed by atoms with van der Waals surface area (Å²) in [4.78, 5) is 14.4. The van der Waals surface area contributed by atoms with Crippen LogP contribution in [0.25, 0.3) is 0 Å². The zero-order valence-electron chi connectivity index (χ0n) is 10.2. The van der Waals surface area contributed by atoms with Crippen LogP contribution in [-0.4, -0.2) is 26.2 Å². The summed E-state index contributed by atoms with van der Waals surface area (Å²) in [5, 5.41) is 17.8. The molecule has 0 atom stereocenters. The smallest absolute Gasteiger partial charge is 0.370 e. The lowest BCUT2D eigenvalue weighted by molar-refractivity contribution is -0.390. The van der Waals surface area contributed by atoms with Crippen LogP contribution in [0.15, 0.2) is 29.0 Å². The van der Waals surface area contributed by atoms with Gasteiger partial charge >= 0.3 is 5.82 Å². The molecule has 0 aliphatic rings. The Morgan fingerprint density at radius 1 is 1.58 bits per heavy atom. The van der Waals surface area contributed by atoms with Gasteiger partial charge in [0.05, 0.1) is 17.8 Å². The lowest BCUT2D eigenvalue weighted by Gasteiger charge is -2.07. The summed E-state index contributed by atoms with van der Waals surface area (Å²) in [6.45, 7) is 3.16. The van der Waals surface area contributed by atoms with Gasteiger partial charge in [0.25, 0.3) is 0 Å². The third kappa shape index (κ3) is 3.08. The fourth-order valence-electron chi connectivity index (χ4n) is 1.66. The Morgan fingerprint density at radius 2 is 2.37 bits per heavy atom. The summed E-state index contributed by atoms with van der Waals surface area (Å²) < 4.78 is 1.88. The Balaban J connectivity index is 2.26. The van der Waals surface area contributed by atoms with Crippen molar-refractivity contribution in [2.75, 3.05) is 11.9 Å². The van der Waals surface area contributed by atoms with Crippen LogP contribution in [-0.2, 0) is 6.54 Å². The van der Waals surface area contributed by atoms with E-state index in [9.17, 15) is 10.1 Å². The van der Waals surface area contributed by atoms with E-state index in [-0.39, 0.29) is 5.82 Å². The number of nitrogens with one attached hydrogen (secondary N) is 1. The molecule has 2 heterocycles. The second-order valence-corrected chi connectivity index (χ2v) is 4.65. The molecule has 0 radical (unpaired) electrons. The standard InChI is InChI=1S/C11H12BrN5O2/c1-2-13-10-8(4-3-5-14-10)6-16-7-9(12)11(15-16)17(18)19/h3-5,7H,2,6H2,1H3,(H,13,14). The molecule has 8 heteroatoms. The fraction of sp³-hybridized carbons (Fsp3) is 0.273. The van der Waals surface area contributed by atoms with Crippen molar-refractivity contribution < 1.29 is 4.92 Å². The van der Waals surface area contributed by atoms with Crippen LogP contribution in [0.5, 0.6) is 0 Å². The molecule has 0 spiro atoms. The van der Waals surface area contributed by atoms with Crippen molar-refractivity contribution in [2.24, 2.45) is 0 Å². The molecule has 0 unspecified atom stereocenters. The second-order valence-electron chi connectivity index (χ2n) is 3.80. The number of hydrogen-bond donors (Lipinski definition) is 1. The maximum Gasteiger partial charge on any atom is 0.404 e. The SMILES string of the molecule is CCNc1ncccc1Cn1cc(Br)c([N+](=O)[O-])n1. The Bertz CT molecular complexity index is 599. The van der Waals surface area contributed by atoms with Crippen LogP contribution in [0.1, 0.15) is 12.5 Å². The van der Waals surface area contributed by atoms with Crippen LogP contribution in [0.3, 0.4) is 0 Å². The van der Waals surface area contributed by atoms with Crippen molar-refractivity contribution in [3.63, 3.8) is 0 Å². The first kappa shape index (κ1) is 13.5. The number of hydrogen-bond acceptors (Lipinski definition) is 5. The summed E-state index contributed by atoms with van der Waals surface area (Å²) in [6, 6.07) is 3.73. The highest BCUT2D eigenvalue weighted by atomic mass is 79.9. The molecular weight excluding hydrogens is 314 g/mol. The molecule has 19 heavy (non-hydrogen) atoms. The van der Waals surface area contributed by atoms with Crippen molar-refractivity contribution in [1.82, 2.24) is 14.8 Å². The minimum absolute atomic E-state index is 0.186. The Kier molecular flexibility index (Phi) is 4.10. The van der Waals surface area contributed by atoms with Crippen molar-refractivity contribution in [2.45, 2.75) is 13.5 Å². The predicted molar refractivity (Wildman–Crippen MR) is 74.1 cm³/mol. The first-order valence-electron chi connectivity index (χ1n) is 5.67. The fourth-order valence-corrected chi connectivity index (χ4v) is 2.12. The van der Waals surface area contributed by atoms with Gasteiger partial charge < -0.3 is 15.4 Å². The van der Waals surface area contributed by atoms with Gasteiger partial charge in [0.2, 0.25) is 0 Å². The van der Waals surface area contributed by atoms with Crippen molar-refractivity contribution in [3.05, 3.63) is 44.7 Å². The molecule has 2 rings (SSSR count). The zero-order valence-corrected chi connectivity index (χ0v) is 11.8. The minimum Gasteiger partial charge on any atom is -0.370 e. The Hall–Kier alpha value is -1.96. The summed E-state index contributed by atoms with van der Waals surface area (Å²) in [6.07, 6.45) is 3.28. The number of rotatable bonds is 5. The van der Waals surface area contributed by atoms with Crippen molar-refractivity contribution in [3.8, 4) is 0 Å². The van der Waals surface area contributed by atoms with Gasteiger partial charge in [-0.15, -0.1) is 0 Å². The lowest BCUT2D eigenvalue weighted by Crippen LogP contribution is -2.07. The maximum absolute atomic E-state index is 10.7. The summed E-state index contributed by atoms with van der Waals surface area (Å²) in [5.74, 6) is 0.577. The first-order valence-corrected chi connectivity index (χ1v) is 6.46. The summed E-state index contributed by atoms with van der Waals surface area (Å²) in [7, 11) is 0. The average Bonchev–Trinajstić information content (AvgIpc) is 2.73. The molecule has 2 aromatic heterocycles. The molecule has 0 aliphatic heterocycles. The van der Waals surface area contributed by atoms with E-state index in [4.69, 9.17) is 0 Å². The van der Waals surface area contributed by atoms with E-state index in [0.29, 0.717) is 11.0 Å². The second kappa shape index (κ2) is 5.79. The quantitative estimate of drug-likeness (QED) is 0.674. The molecular formula is C11H12BrN5O2. The molecule has 100 valence electrons. The van der Waals surface area contributed by atoms with Gasteiger partial charge in [-0.05, 0) is 33.8 Å². The minimum atomic E-state index is -0.519. The van der Waals surface area contributed by atoms with E-state index in [2.05, 4.69) is 31.3 Å². The normalized spacial score (nSPS) is 10.4. The van der Waals surface area contributed by atoms with Crippen LogP contribution >= 0.6 is 15.9 Å². The molecule has 0 bridgehead atoms. The predicted octanol–water partition coefficient (Wildman–Crippen LogP) is 2.43. The zero-order chi connectivity index (χ0) is 13.8. The number of pyridine rings is 1. The van der Waals surface area contributed by atoms with Crippen LogP contribution in [0, 0.1) is 10.1 Å². The van der Waals surface area contributed by atoms with Gasteiger partial charge in [-0.2, -0.15) is 4.68 Å². The Labute approximate surface area is 117 Å². The molecule has 1 N–H and O–H groups in total. The Morgan fingerprint density at radius 3 is 3.00 bits per heavy atom. The molecule has 0 aromatic carbocycles. The molecule has 0 saturated carbocycles. The number of halogens is 1. The number of nitro groups is 1. The van der Waals surface area contributed by atoms with Crippen LogP contribution < -0.4 is 5.32 Å². The van der Waals surface area contributed by atoms with E-state index in [1.165, 1.54) is 4.68 Å². The highest BCUT2D eigenvalue weighted by molar-refractivity contribution is 9.10. The van der Waals surface area contributed by atoms with Gasteiger partial charge in [-0.1, -0.05) is 6.07 Å².